The zero-order valence-corrected chi connectivity index (χ0v) is 17.6. The largest absolute Gasteiger partial charge is 0.356 e. The molecule has 27 heavy (non-hydrogen) atoms. The van der Waals surface area contributed by atoms with Crippen LogP contribution in [0.2, 0.25) is 0 Å². The molecule has 1 aromatic rings. The van der Waals surface area contributed by atoms with E-state index in [2.05, 4.69) is 15.4 Å². The predicted molar refractivity (Wildman–Crippen MR) is 106 cm³/mol. The lowest BCUT2D eigenvalue weighted by molar-refractivity contribution is -0.123. The zero-order valence-electron chi connectivity index (χ0n) is 16.8. The highest BCUT2D eigenvalue weighted by Crippen LogP contribution is 2.23. The molecule has 7 nitrogen and oxygen atoms in total. The molecule has 0 heterocycles. The molecular formula is C19H31N3O4S. The average Bonchev–Trinajstić information content (AvgIpc) is 2.58. The normalized spacial score (nSPS) is 13.1. The maximum atomic E-state index is 12.7. The van der Waals surface area contributed by atoms with Gasteiger partial charge in [-0.05, 0) is 43.4 Å². The van der Waals surface area contributed by atoms with Gasteiger partial charge >= 0.3 is 0 Å². The molecule has 0 unspecified atom stereocenters. The van der Waals surface area contributed by atoms with Gasteiger partial charge in [0.1, 0.15) is 6.04 Å². The van der Waals surface area contributed by atoms with Crippen LogP contribution in [0.15, 0.2) is 29.2 Å². The first kappa shape index (κ1) is 23.1. The fourth-order valence-corrected chi connectivity index (χ4v) is 3.72. The maximum absolute atomic E-state index is 12.7. The van der Waals surface area contributed by atoms with Gasteiger partial charge in [-0.3, -0.25) is 9.59 Å². The van der Waals surface area contributed by atoms with Crippen LogP contribution in [0.4, 0.5) is 0 Å². The molecule has 0 fully saturated rings. The molecule has 0 aliphatic rings. The van der Waals surface area contributed by atoms with Crippen LogP contribution in [0.25, 0.3) is 0 Å². The van der Waals surface area contributed by atoms with Crippen LogP contribution in [-0.4, -0.2) is 39.4 Å². The van der Waals surface area contributed by atoms with E-state index in [1.54, 1.807) is 26.0 Å². The van der Waals surface area contributed by atoms with Gasteiger partial charge in [-0.25, -0.2) is 8.42 Å². The van der Waals surface area contributed by atoms with Gasteiger partial charge in [0, 0.05) is 19.5 Å². The summed E-state index contributed by atoms with van der Waals surface area (Å²) >= 11 is 0. The molecule has 0 bridgehead atoms. The minimum absolute atomic E-state index is 0.0567. The van der Waals surface area contributed by atoms with E-state index >= 15 is 0 Å². The van der Waals surface area contributed by atoms with Gasteiger partial charge in [0.2, 0.25) is 21.8 Å². The van der Waals surface area contributed by atoms with E-state index in [4.69, 9.17) is 0 Å². The zero-order chi connectivity index (χ0) is 20.7. The van der Waals surface area contributed by atoms with E-state index in [0.717, 1.165) is 5.56 Å². The molecule has 3 N–H and O–H groups in total. The van der Waals surface area contributed by atoms with Crippen molar-refractivity contribution in [2.45, 2.75) is 63.8 Å². The smallest absolute Gasteiger partial charge is 0.241 e. The molecule has 0 radical (unpaired) electrons. The SMILES string of the molecule is CCNC(=O)CC[C@H](NS(=O)(=O)c1ccc(C(C)(C)C)cc1)C(=O)NCC. The third-order valence-electron chi connectivity index (χ3n) is 4.03. The summed E-state index contributed by atoms with van der Waals surface area (Å²) in [5, 5.41) is 5.25. The second-order valence-corrected chi connectivity index (χ2v) is 9.05. The van der Waals surface area contributed by atoms with Gasteiger partial charge < -0.3 is 10.6 Å². The number of benzene rings is 1. The number of nitrogens with one attached hydrogen (secondary N) is 3. The number of rotatable bonds is 9. The standard InChI is InChI=1S/C19H31N3O4S/c1-6-20-17(23)13-12-16(18(24)21-7-2)22-27(25,26)15-10-8-14(9-11-15)19(3,4)5/h8-11,16,22H,6-7,12-13H2,1-5H3,(H,20,23)(H,21,24)/t16-/m0/s1. The molecular weight excluding hydrogens is 366 g/mol. The average molecular weight is 398 g/mol. The van der Waals surface area contributed by atoms with Gasteiger partial charge in [0.15, 0.2) is 0 Å². The lowest BCUT2D eigenvalue weighted by atomic mass is 9.87. The van der Waals surface area contributed by atoms with E-state index in [0.29, 0.717) is 13.1 Å². The highest BCUT2D eigenvalue weighted by molar-refractivity contribution is 7.89. The highest BCUT2D eigenvalue weighted by atomic mass is 32.2. The van der Waals surface area contributed by atoms with Crippen LogP contribution in [-0.2, 0) is 25.0 Å². The first-order valence-electron chi connectivity index (χ1n) is 9.18. The second kappa shape index (κ2) is 9.85. The maximum Gasteiger partial charge on any atom is 0.241 e. The van der Waals surface area contributed by atoms with Gasteiger partial charge in [-0.2, -0.15) is 4.72 Å². The summed E-state index contributed by atoms with van der Waals surface area (Å²) in [6, 6.07) is 5.58. The van der Waals surface area contributed by atoms with Crippen molar-refractivity contribution in [3.05, 3.63) is 29.8 Å². The van der Waals surface area contributed by atoms with Gasteiger partial charge in [0.25, 0.3) is 0 Å². The van der Waals surface area contributed by atoms with E-state index in [1.165, 1.54) is 12.1 Å². The van der Waals surface area contributed by atoms with Gasteiger partial charge in [-0.1, -0.05) is 32.9 Å². The molecule has 8 heteroatoms. The molecule has 0 aliphatic carbocycles. The Hall–Kier alpha value is -1.93. The van der Waals surface area contributed by atoms with Crippen molar-refractivity contribution in [3.8, 4) is 0 Å². The summed E-state index contributed by atoms with van der Waals surface area (Å²) in [6.07, 6.45) is 0.137. The number of hydrogen-bond acceptors (Lipinski definition) is 4. The first-order valence-corrected chi connectivity index (χ1v) is 10.7. The minimum Gasteiger partial charge on any atom is -0.356 e. The summed E-state index contributed by atoms with van der Waals surface area (Å²) < 4.78 is 27.8. The third kappa shape index (κ3) is 7.30. The van der Waals surface area contributed by atoms with E-state index < -0.39 is 22.0 Å². The molecule has 0 aliphatic heterocycles. The van der Waals surface area contributed by atoms with Crippen molar-refractivity contribution < 1.29 is 18.0 Å². The number of carbonyl (C=O) groups excluding carboxylic acids is 2. The van der Waals surface area contributed by atoms with Crippen LogP contribution >= 0.6 is 0 Å². The Morgan fingerprint density at radius 3 is 2.04 bits per heavy atom. The monoisotopic (exact) mass is 397 g/mol. The molecule has 0 spiro atoms. The quantitative estimate of drug-likeness (QED) is 0.590. The van der Waals surface area contributed by atoms with Crippen molar-refractivity contribution in [2.75, 3.05) is 13.1 Å². The summed E-state index contributed by atoms with van der Waals surface area (Å²) in [4.78, 5) is 24.0. The fraction of sp³-hybridized carbons (Fsp3) is 0.579. The Morgan fingerprint density at radius 2 is 1.56 bits per heavy atom. The van der Waals surface area contributed by atoms with Crippen molar-refractivity contribution >= 4 is 21.8 Å². The number of carbonyl (C=O) groups is 2. The summed E-state index contributed by atoms with van der Waals surface area (Å²) in [7, 11) is -3.89. The van der Waals surface area contributed by atoms with E-state index in [9.17, 15) is 18.0 Å². The van der Waals surface area contributed by atoms with Crippen LogP contribution in [0.5, 0.6) is 0 Å². The Balaban J connectivity index is 2.96. The topological polar surface area (TPSA) is 104 Å². The second-order valence-electron chi connectivity index (χ2n) is 7.34. The number of sulfonamides is 1. The molecule has 1 atom stereocenters. The Labute approximate surface area is 162 Å². The summed E-state index contributed by atoms with van der Waals surface area (Å²) in [6.45, 7) is 10.5. The van der Waals surface area contributed by atoms with Crippen molar-refractivity contribution in [1.29, 1.82) is 0 Å². The molecule has 2 amide bonds. The highest BCUT2D eigenvalue weighted by Gasteiger charge is 2.26. The predicted octanol–water partition coefficient (Wildman–Crippen LogP) is 1.68. The molecule has 0 aromatic heterocycles. The lowest BCUT2D eigenvalue weighted by Gasteiger charge is -2.20. The number of hydrogen-bond donors (Lipinski definition) is 3. The lowest BCUT2D eigenvalue weighted by Crippen LogP contribution is -2.47. The molecule has 0 saturated carbocycles. The molecule has 1 aromatic carbocycles. The third-order valence-corrected chi connectivity index (χ3v) is 5.52. The molecule has 0 saturated heterocycles. The van der Waals surface area contributed by atoms with Crippen LogP contribution < -0.4 is 15.4 Å². The number of likely N-dealkylation sites (N-methyl/N-ethyl adjacent to an activating group) is 1. The van der Waals surface area contributed by atoms with E-state index in [1.807, 2.05) is 20.8 Å². The van der Waals surface area contributed by atoms with Gasteiger partial charge in [-0.15, -0.1) is 0 Å². The summed E-state index contributed by atoms with van der Waals surface area (Å²) in [5.41, 5.74) is 0.921. The van der Waals surface area contributed by atoms with Crippen LogP contribution in [0.1, 0.15) is 53.0 Å². The van der Waals surface area contributed by atoms with Crippen molar-refractivity contribution in [1.82, 2.24) is 15.4 Å². The Kier molecular flexibility index (Phi) is 8.43. The van der Waals surface area contributed by atoms with E-state index in [-0.39, 0.29) is 29.1 Å². The van der Waals surface area contributed by atoms with Gasteiger partial charge in [0.05, 0.1) is 4.90 Å². The minimum atomic E-state index is -3.89. The summed E-state index contributed by atoms with van der Waals surface area (Å²) in [5.74, 6) is -0.669. The molecule has 1 rings (SSSR count). The molecule has 152 valence electrons. The first-order chi connectivity index (χ1) is 12.5. The Morgan fingerprint density at radius 1 is 1.00 bits per heavy atom. The van der Waals surface area contributed by atoms with Crippen LogP contribution in [0, 0.1) is 0 Å². The fourth-order valence-electron chi connectivity index (χ4n) is 2.49. The van der Waals surface area contributed by atoms with Crippen LogP contribution in [0.3, 0.4) is 0 Å². The van der Waals surface area contributed by atoms with Crippen molar-refractivity contribution in [2.24, 2.45) is 0 Å². The van der Waals surface area contributed by atoms with Crippen molar-refractivity contribution in [3.63, 3.8) is 0 Å². The Bertz CT molecular complexity index is 737. The number of amides is 2.